The van der Waals surface area contributed by atoms with E-state index in [1.54, 1.807) is 6.92 Å². The van der Waals surface area contributed by atoms with Gasteiger partial charge in [-0.05, 0) is 31.1 Å². The third-order valence-electron chi connectivity index (χ3n) is 4.10. The van der Waals surface area contributed by atoms with Crippen molar-refractivity contribution in [2.75, 3.05) is 0 Å². The fraction of sp³-hybridized carbons (Fsp3) is 0.944. The third-order valence-corrected chi connectivity index (χ3v) is 4.10. The summed E-state index contributed by atoms with van der Waals surface area (Å²) in [5.74, 6) is 2.88. The van der Waals surface area contributed by atoms with Crippen LogP contribution in [-0.2, 0) is 4.79 Å². The highest BCUT2D eigenvalue weighted by Gasteiger charge is 2.06. The Balaban J connectivity index is 3.42. The molecule has 0 N–H and O–H groups in total. The smallest absolute Gasteiger partial charge is 0.129 e. The normalized spacial score (nSPS) is 14.6. The Hall–Kier alpha value is -0.330. The summed E-state index contributed by atoms with van der Waals surface area (Å²) in [5, 5.41) is 0. The summed E-state index contributed by atoms with van der Waals surface area (Å²) in [5.41, 5.74) is 0. The van der Waals surface area contributed by atoms with Crippen LogP contribution in [0.5, 0.6) is 0 Å². The van der Waals surface area contributed by atoms with Crippen LogP contribution in [0.4, 0.5) is 0 Å². The van der Waals surface area contributed by atoms with Crippen molar-refractivity contribution in [1.82, 2.24) is 0 Å². The zero-order valence-electron chi connectivity index (χ0n) is 14.0. The van der Waals surface area contributed by atoms with Crippen molar-refractivity contribution in [3.63, 3.8) is 0 Å². The molecule has 0 rings (SSSR count). The van der Waals surface area contributed by atoms with Crippen molar-refractivity contribution in [1.29, 1.82) is 0 Å². The van der Waals surface area contributed by atoms with Crippen LogP contribution in [0.15, 0.2) is 0 Å². The Morgan fingerprint density at radius 1 is 0.737 bits per heavy atom. The maximum absolute atomic E-state index is 10.9. The molecule has 0 heterocycles. The van der Waals surface area contributed by atoms with E-state index in [2.05, 4.69) is 27.7 Å². The van der Waals surface area contributed by atoms with Gasteiger partial charge in [-0.2, -0.15) is 0 Å². The zero-order chi connectivity index (χ0) is 14.7. The Morgan fingerprint density at radius 2 is 1.16 bits per heavy atom. The second-order valence-electron chi connectivity index (χ2n) is 7.06. The van der Waals surface area contributed by atoms with Crippen LogP contribution in [-0.4, -0.2) is 5.78 Å². The van der Waals surface area contributed by atoms with Gasteiger partial charge in [0.1, 0.15) is 5.78 Å². The van der Waals surface area contributed by atoms with Crippen molar-refractivity contribution < 1.29 is 4.79 Å². The Labute approximate surface area is 121 Å². The van der Waals surface area contributed by atoms with E-state index in [-0.39, 0.29) is 0 Å². The molecule has 1 nitrogen and oxygen atoms in total. The van der Waals surface area contributed by atoms with Gasteiger partial charge in [-0.15, -0.1) is 0 Å². The van der Waals surface area contributed by atoms with Gasteiger partial charge >= 0.3 is 0 Å². The molecule has 1 heteroatoms. The van der Waals surface area contributed by atoms with Gasteiger partial charge in [0.25, 0.3) is 0 Å². The fourth-order valence-electron chi connectivity index (χ4n) is 2.68. The summed E-state index contributed by atoms with van der Waals surface area (Å²) in [4.78, 5) is 10.9. The molecule has 0 aliphatic carbocycles. The number of rotatable bonds is 12. The first-order valence-corrected chi connectivity index (χ1v) is 8.41. The first kappa shape index (κ1) is 18.7. The molecule has 0 fully saturated rings. The van der Waals surface area contributed by atoms with E-state index < -0.39 is 0 Å². The number of hydrogen-bond acceptors (Lipinski definition) is 1. The Morgan fingerprint density at radius 3 is 1.58 bits per heavy atom. The highest BCUT2D eigenvalue weighted by molar-refractivity contribution is 5.75. The maximum atomic E-state index is 10.9. The molecule has 0 aromatic rings. The van der Waals surface area contributed by atoms with Crippen LogP contribution in [0.3, 0.4) is 0 Å². The minimum atomic E-state index is 0.339. The van der Waals surface area contributed by atoms with Crippen LogP contribution in [0, 0.1) is 17.8 Å². The maximum Gasteiger partial charge on any atom is 0.129 e. The van der Waals surface area contributed by atoms with Gasteiger partial charge in [0.15, 0.2) is 0 Å². The minimum absolute atomic E-state index is 0.339. The van der Waals surface area contributed by atoms with Gasteiger partial charge in [-0.25, -0.2) is 0 Å². The van der Waals surface area contributed by atoms with E-state index in [9.17, 15) is 4.79 Å². The number of hydrogen-bond donors (Lipinski definition) is 0. The molecule has 0 saturated heterocycles. The van der Waals surface area contributed by atoms with Crippen LogP contribution >= 0.6 is 0 Å². The van der Waals surface area contributed by atoms with Crippen molar-refractivity contribution in [2.24, 2.45) is 17.8 Å². The van der Waals surface area contributed by atoms with E-state index in [0.29, 0.717) is 5.78 Å². The first-order chi connectivity index (χ1) is 8.91. The van der Waals surface area contributed by atoms with Crippen LogP contribution in [0.25, 0.3) is 0 Å². The van der Waals surface area contributed by atoms with Gasteiger partial charge < -0.3 is 4.79 Å². The number of Topliss-reactive ketones (excluding diaryl/α,β-unsaturated/α-hetero) is 1. The topological polar surface area (TPSA) is 17.1 Å². The van der Waals surface area contributed by atoms with Gasteiger partial charge in [0.05, 0.1) is 0 Å². The van der Waals surface area contributed by atoms with Gasteiger partial charge in [-0.1, -0.05) is 72.6 Å². The third kappa shape index (κ3) is 13.9. The van der Waals surface area contributed by atoms with E-state index in [1.807, 2.05) is 0 Å². The van der Waals surface area contributed by atoms with Crippen molar-refractivity contribution in [2.45, 2.75) is 92.4 Å². The summed E-state index contributed by atoms with van der Waals surface area (Å²) >= 11 is 0. The molecule has 0 amide bonds. The monoisotopic (exact) mass is 268 g/mol. The lowest BCUT2D eigenvalue weighted by atomic mass is 9.92. The molecule has 0 spiro atoms. The molecule has 2 atom stereocenters. The Bertz CT molecular complexity index is 220. The molecule has 0 bridgehead atoms. The van der Waals surface area contributed by atoms with Crippen molar-refractivity contribution in [3.8, 4) is 0 Å². The van der Waals surface area contributed by atoms with Gasteiger partial charge in [0.2, 0.25) is 0 Å². The molecule has 0 saturated carbocycles. The van der Waals surface area contributed by atoms with Crippen LogP contribution < -0.4 is 0 Å². The van der Waals surface area contributed by atoms with Crippen molar-refractivity contribution >= 4 is 5.78 Å². The molecule has 0 aliphatic heterocycles. The van der Waals surface area contributed by atoms with E-state index >= 15 is 0 Å². The lowest BCUT2D eigenvalue weighted by Crippen LogP contribution is -2.01. The summed E-state index contributed by atoms with van der Waals surface area (Å²) in [6, 6.07) is 0. The molecule has 19 heavy (non-hydrogen) atoms. The Kier molecular flexibility index (Phi) is 11.3. The predicted molar refractivity (Wildman–Crippen MR) is 85.4 cm³/mol. The highest BCUT2D eigenvalue weighted by Crippen LogP contribution is 2.21. The second-order valence-corrected chi connectivity index (χ2v) is 7.06. The standard InChI is InChI=1S/C18H36O/c1-15(2)9-6-10-16(3)11-7-12-17(4)13-8-14-18(5)19/h15-17H,6-14H2,1-5H3/t16-,17?/m0/s1. The quantitative estimate of drug-likeness (QED) is 0.423. The van der Waals surface area contributed by atoms with Gasteiger partial charge in [-0.3, -0.25) is 0 Å². The van der Waals surface area contributed by atoms with E-state index in [0.717, 1.165) is 30.6 Å². The summed E-state index contributed by atoms with van der Waals surface area (Å²) < 4.78 is 0. The second kappa shape index (κ2) is 11.5. The van der Waals surface area contributed by atoms with Crippen LogP contribution in [0.2, 0.25) is 0 Å². The number of carbonyl (C=O) groups is 1. The van der Waals surface area contributed by atoms with Gasteiger partial charge in [0, 0.05) is 6.42 Å². The van der Waals surface area contributed by atoms with Crippen LogP contribution in [0.1, 0.15) is 92.4 Å². The molecule has 114 valence electrons. The summed E-state index contributed by atoms with van der Waals surface area (Å²) in [6.45, 7) is 11.1. The zero-order valence-corrected chi connectivity index (χ0v) is 14.0. The summed E-state index contributed by atoms with van der Waals surface area (Å²) in [6.07, 6.45) is 11.3. The average molecular weight is 268 g/mol. The molecule has 0 radical (unpaired) electrons. The predicted octanol–water partition coefficient (Wildman–Crippen LogP) is 6.01. The number of ketones is 1. The van der Waals surface area contributed by atoms with E-state index in [4.69, 9.17) is 0 Å². The average Bonchev–Trinajstić information content (AvgIpc) is 2.27. The molecule has 1 unspecified atom stereocenters. The SMILES string of the molecule is CC(=O)CCCC(C)CCC[C@@H](C)CCCC(C)C. The largest absolute Gasteiger partial charge is 0.300 e. The molecule has 0 aromatic carbocycles. The fourth-order valence-corrected chi connectivity index (χ4v) is 2.68. The molecule has 0 aromatic heterocycles. The molecular formula is C18H36O. The summed E-state index contributed by atoms with van der Waals surface area (Å²) in [7, 11) is 0. The van der Waals surface area contributed by atoms with Crippen molar-refractivity contribution in [3.05, 3.63) is 0 Å². The van der Waals surface area contributed by atoms with E-state index in [1.165, 1.54) is 44.9 Å². The lowest BCUT2D eigenvalue weighted by Gasteiger charge is -2.14. The molecule has 0 aliphatic rings. The highest BCUT2D eigenvalue weighted by atomic mass is 16.1. The first-order valence-electron chi connectivity index (χ1n) is 8.41. The number of carbonyl (C=O) groups excluding carboxylic acids is 1. The lowest BCUT2D eigenvalue weighted by molar-refractivity contribution is -0.117. The minimum Gasteiger partial charge on any atom is -0.300 e. The molecular weight excluding hydrogens is 232 g/mol.